The van der Waals surface area contributed by atoms with Gasteiger partial charge in [0.1, 0.15) is 5.82 Å². The Morgan fingerprint density at radius 3 is 2.64 bits per heavy atom. The van der Waals surface area contributed by atoms with Crippen LogP contribution >= 0.6 is 11.6 Å². The van der Waals surface area contributed by atoms with Crippen LogP contribution in [0.25, 0.3) is 0 Å². The normalized spacial score (nSPS) is 21.1. The summed E-state index contributed by atoms with van der Waals surface area (Å²) in [6.45, 7) is 1.47. The van der Waals surface area contributed by atoms with Crippen molar-refractivity contribution >= 4 is 39.2 Å². The predicted molar refractivity (Wildman–Crippen MR) is 101 cm³/mol. The fraction of sp³-hybridized carbons (Fsp3) is 0.250. The number of benzene rings is 1. The van der Waals surface area contributed by atoms with Crippen molar-refractivity contribution < 1.29 is 17.6 Å². The molecule has 9 nitrogen and oxygen atoms in total. The summed E-state index contributed by atoms with van der Waals surface area (Å²) in [6.07, 6.45) is 2.53. The van der Waals surface area contributed by atoms with Crippen LogP contribution in [0.3, 0.4) is 0 Å². The van der Waals surface area contributed by atoms with Crippen LogP contribution in [0, 0.1) is 11.2 Å². The number of nitrogens with zero attached hydrogens (tertiary/aromatic N) is 3. The lowest BCUT2D eigenvalue weighted by atomic mass is 9.93. The first-order valence-corrected chi connectivity index (χ1v) is 9.93. The molecule has 0 saturated carbocycles. The van der Waals surface area contributed by atoms with Crippen LogP contribution in [0.1, 0.15) is 23.1 Å². The van der Waals surface area contributed by atoms with E-state index < -0.39 is 33.0 Å². The highest BCUT2D eigenvalue weighted by Gasteiger charge is 2.43. The molecule has 1 aromatic heterocycles. The van der Waals surface area contributed by atoms with E-state index in [1.165, 1.54) is 38.5 Å². The van der Waals surface area contributed by atoms with Gasteiger partial charge in [-0.2, -0.15) is 0 Å². The molecule has 12 heteroatoms. The number of hydrogen-bond acceptors (Lipinski definition) is 6. The molecule has 1 aromatic carbocycles. The number of hydrogen-bond donors (Lipinski definition) is 3. The van der Waals surface area contributed by atoms with Gasteiger partial charge in [0.2, 0.25) is 21.8 Å². The van der Waals surface area contributed by atoms with Crippen LogP contribution in [0.4, 0.5) is 10.1 Å². The van der Waals surface area contributed by atoms with E-state index in [1.54, 1.807) is 0 Å². The number of carbonyl (C=O) groups excluding carboxylic acids is 1. The molecule has 0 bridgehead atoms. The van der Waals surface area contributed by atoms with E-state index in [2.05, 4.69) is 20.6 Å². The second-order valence-electron chi connectivity index (χ2n) is 6.40. The van der Waals surface area contributed by atoms with Crippen molar-refractivity contribution in [2.24, 2.45) is 0 Å². The minimum atomic E-state index is -3.81. The molecule has 2 heterocycles. The molecule has 28 heavy (non-hydrogen) atoms. The average molecular weight is 427 g/mol. The zero-order valence-corrected chi connectivity index (χ0v) is 16.4. The van der Waals surface area contributed by atoms with Gasteiger partial charge >= 0.3 is 0 Å². The van der Waals surface area contributed by atoms with E-state index >= 15 is 0 Å². The number of rotatable bonds is 3. The van der Waals surface area contributed by atoms with Gasteiger partial charge in [0.05, 0.1) is 16.3 Å². The number of aromatic nitrogens is 2. The first-order valence-electron chi connectivity index (χ1n) is 7.94. The Bertz CT molecular complexity index is 1060. The maximum absolute atomic E-state index is 14.5. The van der Waals surface area contributed by atoms with Gasteiger partial charge in [0.15, 0.2) is 0 Å². The Balaban J connectivity index is 1.92. The van der Waals surface area contributed by atoms with Crippen LogP contribution in [-0.2, 0) is 15.6 Å². The Morgan fingerprint density at radius 2 is 2.04 bits per heavy atom. The number of guanidine groups is 1. The largest absolute Gasteiger partial charge is 0.345 e. The Labute approximate surface area is 165 Å². The first kappa shape index (κ1) is 20.0. The maximum Gasteiger partial charge on any atom is 0.293 e. The van der Waals surface area contributed by atoms with E-state index in [0.29, 0.717) is 0 Å². The van der Waals surface area contributed by atoms with E-state index in [4.69, 9.17) is 17.0 Å². The molecule has 1 aliphatic heterocycles. The number of halogens is 2. The number of sulfonamides is 1. The lowest BCUT2D eigenvalue weighted by Crippen LogP contribution is -2.61. The number of amides is 1. The van der Waals surface area contributed by atoms with Gasteiger partial charge in [0.25, 0.3) is 5.91 Å². The molecular weight excluding hydrogens is 411 g/mol. The molecule has 1 aliphatic rings. The van der Waals surface area contributed by atoms with Gasteiger partial charge in [-0.05, 0) is 25.1 Å². The molecule has 2 aromatic rings. The summed E-state index contributed by atoms with van der Waals surface area (Å²) in [5.74, 6) is -2.30. The molecule has 148 valence electrons. The van der Waals surface area contributed by atoms with E-state index in [0.717, 1.165) is 10.4 Å². The van der Waals surface area contributed by atoms with Gasteiger partial charge in [-0.15, -0.1) is 0 Å². The topological polar surface area (TPSA) is 128 Å². The molecule has 3 rings (SSSR count). The number of nitrogens with one attached hydrogen (secondary N) is 3. The standard InChI is InChI=1S/C16H16ClFN6O3S/c1-16(8-28(26,27)24(2)15(19)23-16)11-5-10(3-4-12(11)18)22-14(25)13-20-6-9(17)7-21-13/h3-7H,8H2,1-2H3,(H2,19,23)(H,22,25)/t16-/m0/s1. The van der Waals surface area contributed by atoms with Gasteiger partial charge in [-0.25, -0.2) is 27.1 Å². The molecule has 3 N–H and O–H groups in total. The van der Waals surface area contributed by atoms with Gasteiger partial charge in [-0.1, -0.05) is 11.6 Å². The molecule has 1 fully saturated rings. The predicted octanol–water partition coefficient (Wildman–Crippen LogP) is 1.54. The Morgan fingerprint density at radius 1 is 1.39 bits per heavy atom. The molecular formula is C16H16ClFN6O3S. The first-order chi connectivity index (χ1) is 13.0. The van der Waals surface area contributed by atoms with Gasteiger partial charge in [0, 0.05) is 30.7 Å². The number of anilines is 1. The summed E-state index contributed by atoms with van der Waals surface area (Å²) >= 11 is 5.69. The van der Waals surface area contributed by atoms with Gasteiger partial charge < -0.3 is 10.6 Å². The molecule has 0 radical (unpaired) electrons. The Kier molecular flexibility index (Phi) is 4.98. The summed E-state index contributed by atoms with van der Waals surface area (Å²) < 4.78 is 39.9. The van der Waals surface area contributed by atoms with Crippen molar-refractivity contribution in [2.75, 3.05) is 18.1 Å². The van der Waals surface area contributed by atoms with Crippen LogP contribution in [-0.4, -0.2) is 47.4 Å². The quantitative estimate of drug-likeness (QED) is 0.682. The van der Waals surface area contributed by atoms with Crippen molar-refractivity contribution in [3.05, 3.63) is 52.8 Å². The SMILES string of the molecule is CN1C(=N)N[C@](C)(c2cc(NC(=O)c3ncc(Cl)cn3)ccc2F)CS1(=O)=O. The monoisotopic (exact) mass is 426 g/mol. The molecule has 0 unspecified atom stereocenters. The van der Waals surface area contributed by atoms with E-state index in [-0.39, 0.29) is 28.1 Å². The van der Waals surface area contributed by atoms with Crippen LogP contribution < -0.4 is 10.6 Å². The third kappa shape index (κ3) is 3.76. The van der Waals surface area contributed by atoms with Crippen LogP contribution in [0.2, 0.25) is 5.02 Å². The second-order valence-corrected chi connectivity index (χ2v) is 8.84. The molecule has 1 amide bonds. The van der Waals surface area contributed by atoms with Crippen molar-refractivity contribution in [2.45, 2.75) is 12.5 Å². The van der Waals surface area contributed by atoms with Crippen molar-refractivity contribution in [1.29, 1.82) is 5.41 Å². The summed E-state index contributed by atoms with van der Waals surface area (Å²) in [5.41, 5.74) is -1.20. The molecule has 0 aliphatic carbocycles. The minimum Gasteiger partial charge on any atom is -0.345 e. The maximum atomic E-state index is 14.5. The smallest absolute Gasteiger partial charge is 0.293 e. The fourth-order valence-electron chi connectivity index (χ4n) is 2.76. The summed E-state index contributed by atoms with van der Waals surface area (Å²) in [7, 11) is -2.57. The third-order valence-corrected chi connectivity index (χ3v) is 6.39. The van der Waals surface area contributed by atoms with Crippen molar-refractivity contribution in [3.63, 3.8) is 0 Å². The lowest BCUT2D eigenvalue weighted by Gasteiger charge is -2.40. The Hall–Kier alpha value is -2.79. The highest BCUT2D eigenvalue weighted by atomic mass is 35.5. The molecule has 0 spiro atoms. The summed E-state index contributed by atoms with van der Waals surface area (Å²) in [6, 6.07) is 3.74. The van der Waals surface area contributed by atoms with Gasteiger partial charge in [-0.3, -0.25) is 10.2 Å². The highest BCUT2D eigenvalue weighted by Crippen LogP contribution is 2.31. The summed E-state index contributed by atoms with van der Waals surface area (Å²) in [4.78, 5) is 19.9. The zero-order valence-electron chi connectivity index (χ0n) is 14.8. The lowest BCUT2D eigenvalue weighted by molar-refractivity contribution is 0.101. The molecule has 1 saturated heterocycles. The average Bonchev–Trinajstić information content (AvgIpc) is 2.61. The van der Waals surface area contributed by atoms with Crippen molar-refractivity contribution in [1.82, 2.24) is 19.6 Å². The number of carbonyl (C=O) groups is 1. The van der Waals surface area contributed by atoms with E-state index in [1.807, 2.05) is 0 Å². The second kappa shape index (κ2) is 6.99. The minimum absolute atomic E-state index is 0.0104. The molecule has 1 atom stereocenters. The highest BCUT2D eigenvalue weighted by molar-refractivity contribution is 7.89. The van der Waals surface area contributed by atoms with Crippen molar-refractivity contribution in [3.8, 4) is 0 Å². The van der Waals surface area contributed by atoms with Crippen LogP contribution in [0.15, 0.2) is 30.6 Å². The zero-order chi connectivity index (χ0) is 20.7. The van der Waals surface area contributed by atoms with E-state index in [9.17, 15) is 17.6 Å². The third-order valence-electron chi connectivity index (χ3n) is 4.24. The fourth-order valence-corrected chi connectivity index (χ4v) is 4.34. The summed E-state index contributed by atoms with van der Waals surface area (Å²) in [5, 5.41) is 13.3. The van der Waals surface area contributed by atoms with Crippen LogP contribution in [0.5, 0.6) is 0 Å².